The zero-order chi connectivity index (χ0) is 28.7. The fourth-order valence-electron chi connectivity index (χ4n) is 7.35. The third-order valence-corrected chi connectivity index (χ3v) is 9.38. The molecule has 0 aromatic heterocycles. The van der Waals surface area contributed by atoms with Gasteiger partial charge >= 0.3 is 0 Å². The summed E-state index contributed by atoms with van der Waals surface area (Å²) in [6.07, 6.45) is 17.7. The highest BCUT2D eigenvalue weighted by Crippen LogP contribution is 2.51. The van der Waals surface area contributed by atoms with Crippen LogP contribution in [-0.2, 0) is 19.2 Å². The number of hydrogen-bond acceptors (Lipinski definition) is 4. The minimum absolute atomic E-state index is 0.0526. The third kappa shape index (κ3) is 8.35. The van der Waals surface area contributed by atoms with E-state index in [1.54, 1.807) is 0 Å². The molecule has 6 atom stereocenters. The van der Waals surface area contributed by atoms with Gasteiger partial charge in [-0.15, -0.1) is 0 Å². The third-order valence-electron chi connectivity index (χ3n) is 9.38. The fraction of sp³-hybridized carbons (Fsp3) is 0.706. The minimum atomic E-state index is -0.561. The van der Waals surface area contributed by atoms with Gasteiger partial charge in [-0.05, 0) is 61.2 Å². The molecule has 2 saturated carbocycles. The van der Waals surface area contributed by atoms with Crippen LogP contribution in [0.2, 0.25) is 0 Å². The fourth-order valence-corrected chi connectivity index (χ4v) is 7.35. The van der Waals surface area contributed by atoms with Gasteiger partial charge in [0.1, 0.15) is 17.3 Å². The molecule has 1 amide bonds. The highest BCUT2D eigenvalue weighted by molar-refractivity contribution is 5.97. The van der Waals surface area contributed by atoms with Gasteiger partial charge in [-0.3, -0.25) is 19.2 Å². The van der Waals surface area contributed by atoms with Crippen LogP contribution < -0.4 is 5.73 Å². The van der Waals surface area contributed by atoms with Gasteiger partial charge in [-0.1, -0.05) is 84.3 Å². The SMILES string of the molecule is C=C(C(N)=O)C(CCC)CC(=O)C1C(C(=O)C(CC(=O)CC(C)(C)C)C2CCCCC2)CC1C1C=CC=CC1. The van der Waals surface area contributed by atoms with Crippen molar-refractivity contribution in [3.8, 4) is 0 Å². The number of allylic oxidation sites excluding steroid dienone is 4. The first-order valence-corrected chi connectivity index (χ1v) is 15.3. The van der Waals surface area contributed by atoms with Crippen molar-refractivity contribution in [3.63, 3.8) is 0 Å². The van der Waals surface area contributed by atoms with E-state index in [-0.39, 0.29) is 70.6 Å². The summed E-state index contributed by atoms with van der Waals surface area (Å²) in [6.45, 7) is 12.1. The first-order valence-electron chi connectivity index (χ1n) is 15.3. The molecule has 3 aliphatic rings. The summed E-state index contributed by atoms with van der Waals surface area (Å²) in [7, 11) is 0. The number of rotatable bonds is 14. The predicted molar refractivity (Wildman–Crippen MR) is 157 cm³/mol. The Bertz CT molecular complexity index is 978. The van der Waals surface area contributed by atoms with E-state index in [0.29, 0.717) is 31.3 Å². The molecule has 0 bridgehead atoms. The number of ketones is 3. The topological polar surface area (TPSA) is 94.3 Å². The molecule has 6 unspecified atom stereocenters. The van der Waals surface area contributed by atoms with Crippen LogP contribution in [0.1, 0.15) is 105 Å². The van der Waals surface area contributed by atoms with Gasteiger partial charge in [0.25, 0.3) is 0 Å². The van der Waals surface area contributed by atoms with Gasteiger partial charge in [0.2, 0.25) is 5.91 Å². The Kier molecular flexibility index (Phi) is 11.1. The van der Waals surface area contributed by atoms with Gasteiger partial charge in [0.15, 0.2) is 0 Å². The second-order valence-corrected chi connectivity index (χ2v) is 13.7. The van der Waals surface area contributed by atoms with E-state index in [9.17, 15) is 19.2 Å². The molecule has 0 aromatic carbocycles. The average molecular weight is 538 g/mol. The molecule has 3 rings (SSSR count). The Hall–Kier alpha value is -2.30. The lowest BCUT2D eigenvalue weighted by molar-refractivity contribution is -0.149. The van der Waals surface area contributed by atoms with Crippen molar-refractivity contribution < 1.29 is 19.2 Å². The van der Waals surface area contributed by atoms with Crippen LogP contribution in [0.4, 0.5) is 0 Å². The van der Waals surface area contributed by atoms with Crippen molar-refractivity contribution in [1.82, 2.24) is 0 Å². The van der Waals surface area contributed by atoms with E-state index in [1.807, 2.05) is 19.1 Å². The average Bonchev–Trinajstić information content (AvgIpc) is 2.86. The van der Waals surface area contributed by atoms with Crippen molar-refractivity contribution in [2.45, 2.75) is 105 Å². The number of carbonyl (C=O) groups is 4. The van der Waals surface area contributed by atoms with Crippen molar-refractivity contribution in [2.24, 2.45) is 52.6 Å². The monoisotopic (exact) mass is 537 g/mol. The molecule has 216 valence electrons. The second-order valence-electron chi connectivity index (χ2n) is 13.7. The Morgan fingerprint density at radius 1 is 1.03 bits per heavy atom. The molecule has 0 saturated heterocycles. The Labute approximate surface area is 236 Å². The molecule has 0 aromatic rings. The number of amides is 1. The van der Waals surface area contributed by atoms with Crippen LogP contribution in [0.15, 0.2) is 36.5 Å². The van der Waals surface area contributed by atoms with Crippen LogP contribution in [0.3, 0.4) is 0 Å². The molecular formula is C34H51NO4. The lowest BCUT2D eigenvalue weighted by Gasteiger charge is -2.48. The van der Waals surface area contributed by atoms with E-state index >= 15 is 0 Å². The number of Topliss-reactive ketones (excluding diaryl/α,β-unsaturated/α-hetero) is 3. The number of hydrogen-bond donors (Lipinski definition) is 1. The van der Waals surface area contributed by atoms with Gasteiger partial charge in [-0.2, -0.15) is 0 Å². The maximum Gasteiger partial charge on any atom is 0.244 e. The van der Waals surface area contributed by atoms with E-state index in [0.717, 1.165) is 38.5 Å². The largest absolute Gasteiger partial charge is 0.366 e. The van der Waals surface area contributed by atoms with Crippen molar-refractivity contribution >= 4 is 23.3 Å². The van der Waals surface area contributed by atoms with Gasteiger partial charge in [0, 0.05) is 42.6 Å². The summed E-state index contributed by atoms with van der Waals surface area (Å²) in [5, 5.41) is 0. The predicted octanol–water partition coefficient (Wildman–Crippen LogP) is 6.95. The van der Waals surface area contributed by atoms with Gasteiger partial charge < -0.3 is 5.73 Å². The molecule has 2 N–H and O–H groups in total. The van der Waals surface area contributed by atoms with E-state index in [1.165, 1.54) is 6.42 Å². The van der Waals surface area contributed by atoms with Crippen LogP contribution in [0.5, 0.6) is 0 Å². The molecule has 39 heavy (non-hydrogen) atoms. The maximum absolute atomic E-state index is 14.3. The van der Waals surface area contributed by atoms with Crippen LogP contribution in [0.25, 0.3) is 0 Å². The maximum atomic E-state index is 14.3. The Morgan fingerprint density at radius 2 is 1.72 bits per heavy atom. The summed E-state index contributed by atoms with van der Waals surface area (Å²) >= 11 is 0. The summed E-state index contributed by atoms with van der Waals surface area (Å²) < 4.78 is 0. The first-order chi connectivity index (χ1) is 18.4. The highest BCUT2D eigenvalue weighted by atomic mass is 16.2. The van der Waals surface area contributed by atoms with Crippen LogP contribution in [0, 0.1) is 46.8 Å². The van der Waals surface area contributed by atoms with E-state index in [2.05, 4.69) is 39.5 Å². The molecule has 0 aliphatic heterocycles. The summed E-state index contributed by atoms with van der Waals surface area (Å²) in [6, 6.07) is 0. The molecule has 0 heterocycles. The summed E-state index contributed by atoms with van der Waals surface area (Å²) in [4.78, 5) is 53.3. The van der Waals surface area contributed by atoms with Gasteiger partial charge in [-0.25, -0.2) is 0 Å². The summed E-state index contributed by atoms with van der Waals surface area (Å²) in [5.74, 6) is -0.960. The van der Waals surface area contributed by atoms with Crippen molar-refractivity contribution in [2.75, 3.05) is 0 Å². The van der Waals surface area contributed by atoms with Crippen LogP contribution in [-0.4, -0.2) is 23.3 Å². The summed E-state index contributed by atoms with van der Waals surface area (Å²) in [5.41, 5.74) is 5.73. The lowest BCUT2D eigenvalue weighted by Crippen LogP contribution is -2.51. The molecule has 3 aliphatic carbocycles. The minimum Gasteiger partial charge on any atom is -0.366 e. The standard InChI is InChI=1S/C34H51NO4/c1-6-13-25(22(2)33(35)39)18-30(37)31-27(23-14-9-7-10-15-23)20-29(31)32(38)28(24-16-11-8-12-17-24)19-26(36)21-34(3,4)5/h7,9-10,14,23-25,27-29,31H,2,6,8,11-13,15-21H2,1,3-5H3,(H2,35,39). The quantitative estimate of drug-likeness (QED) is 0.243. The molecule has 5 nitrogen and oxygen atoms in total. The molecular weight excluding hydrogens is 486 g/mol. The highest BCUT2D eigenvalue weighted by Gasteiger charge is 2.53. The van der Waals surface area contributed by atoms with Crippen molar-refractivity contribution in [1.29, 1.82) is 0 Å². The normalized spacial score (nSPS) is 26.9. The first kappa shape index (κ1) is 31.2. The Morgan fingerprint density at radius 3 is 2.28 bits per heavy atom. The van der Waals surface area contributed by atoms with E-state index in [4.69, 9.17) is 5.73 Å². The molecule has 2 fully saturated rings. The zero-order valence-corrected chi connectivity index (χ0v) is 24.8. The number of nitrogens with two attached hydrogens (primary N) is 1. The van der Waals surface area contributed by atoms with Gasteiger partial charge in [0.05, 0.1) is 0 Å². The zero-order valence-electron chi connectivity index (χ0n) is 24.8. The van der Waals surface area contributed by atoms with Crippen molar-refractivity contribution in [3.05, 3.63) is 36.5 Å². The number of primary amides is 1. The smallest absolute Gasteiger partial charge is 0.244 e. The lowest BCUT2D eigenvalue weighted by atomic mass is 9.53. The molecule has 5 heteroatoms. The Balaban J connectivity index is 1.86. The van der Waals surface area contributed by atoms with Crippen LogP contribution >= 0.6 is 0 Å². The molecule has 0 radical (unpaired) electrons. The second kappa shape index (κ2) is 13.9. The molecule has 0 spiro atoms. The number of carbonyl (C=O) groups excluding carboxylic acids is 4. The van der Waals surface area contributed by atoms with E-state index < -0.39 is 5.91 Å².